The SMILES string of the molecule is O=C=Nc1cc(C(=O)Cl)cc(C(=O)Cl)c1. The van der Waals surface area contributed by atoms with Crippen LogP contribution in [0.25, 0.3) is 0 Å². The lowest BCUT2D eigenvalue weighted by atomic mass is 10.1. The summed E-state index contributed by atoms with van der Waals surface area (Å²) in [7, 11) is 0. The molecule has 0 fully saturated rings. The van der Waals surface area contributed by atoms with Crippen molar-refractivity contribution in [2.75, 3.05) is 0 Å². The van der Waals surface area contributed by atoms with E-state index < -0.39 is 10.5 Å². The number of aliphatic imine (C=N–C) groups is 1. The first kappa shape index (κ1) is 11.6. The molecular weight excluding hydrogens is 241 g/mol. The lowest BCUT2D eigenvalue weighted by Crippen LogP contribution is -1.94. The van der Waals surface area contributed by atoms with Gasteiger partial charge in [-0.1, -0.05) is 0 Å². The first-order chi connectivity index (χ1) is 7.04. The molecule has 0 N–H and O–H groups in total. The van der Waals surface area contributed by atoms with Crippen molar-refractivity contribution in [3.05, 3.63) is 29.3 Å². The molecule has 0 aliphatic heterocycles. The van der Waals surface area contributed by atoms with Gasteiger partial charge < -0.3 is 0 Å². The number of benzene rings is 1. The molecule has 1 aromatic rings. The van der Waals surface area contributed by atoms with Crippen molar-refractivity contribution in [1.29, 1.82) is 0 Å². The Labute approximate surface area is 94.5 Å². The molecule has 15 heavy (non-hydrogen) atoms. The lowest BCUT2D eigenvalue weighted by molar-refractivity contribution is 0.108. The predicted octanol–water partition coefficient (Wildman–Crippen LogP) is 2.41. The average Bonchev–Trinajstić information content (AvgIpc) is 2.17. The molecule has 6 heteroatoms. The third-order valence-corrected chi connectivity index (χ3v) is 1.98. The minimum absolute atomic E-state index is 0.0390. The van der Waals surface area contributed by atoms with Gasteiger partial charge in [0.25, 0.3) is 10.5 Å². The lowest BCUT2D eigenvalue weighted by Gasteiger charge is -1.99. The number of nitrogens with zero attached hydrogens (tertiary/aromatic N) is 1. The Morgan fingerprint density at radius 3 is 1.87 bits per heavy atom. The van der Waals surface area contributed by atoms with Crippen molar-refractivity contribution in [2.45, 2.75) is 0 Å². The van der Waals surface area contributed by atoms with E-state index in [0.29, 0.717) is 0 Å². The van der Waals surface area contributed by atoms with Crippen molar-refractivity contribution in [3.63, 3.8) is 0 Å². The van der Waals surface area contributed by atoms with Crippen LogP contribution in [0.5, 0.6) is 0 Å². The van der Waals surface area contributed by atoms with Crippen molar-refractivity contribution >= 4 is 45.5 Å². The number of carbonyl (C=O) groups is 2. The molecule has 1 aromatic carbocycles. The van der Waals surface area contributed by atoms with E-state index in [-0.39, 0.29) is 16.8 Å². The van der Waals surface area contributed by atoms with Crippen LogP contribution in [0.2, 0.25) is 0 Å². The van der Waals surface area contributed by atoms with Crippen LogP contribution in [0.3, 0.4) is 0 Å². The fraction of sp³-hybridized carbons (Fsp3) is 0. The largest absolute Gasteiger partial charge is 0.276 e. The molecule has 0 saturated heterocycles. The monoisotopic (exact) mass is 243 g/mol. The van der Waals surface area contributed by atoms with Gasteiger partial charge in [-0.3, -0.25) is 9.59 Å². The average molecular weight is 244 g/mol. The number of carbonyl (C=O) groups excluding carboxylic acids is 3. The van der Waals surface area contributed by atoms with E-state index in [2.05, 4.69) is 4.99 Å². The standard InChI is InChI=1S/C9H3Cl2NO3/c10-8(14)5-1-6(9(11)15)3-7(2-5)12-4-13/h1-3H. The number of hydrogen-bond acceptors (Lipinski definition) is 4. The summed E-state index contributed by atoms with van der Waals surface area (Å²) in [5.41, 5.74) is 0.176. The van der Waals surface area contributed by atoms with Crippen molar-refractivity contribution in [2.24, 2.45) is 4.99 Å². The summed E-state index contributed by atoms with van der Waals surface area (Å²) in [4.78, 5) is 35.0. The number of isocyanates is 1. The van der Waals surface area contributed by atoms with E-state index in [1.165, 1.54) is 24.3 Å². The van der Waals surface area contributed by atoms with Crippen molar-refractivity contribution in [1.82, 2.24) is 0 Å². The van der Waals surface area contributed by atoms with E-state index in [4.69, 9.17) is 23.2 Å². The van der Waals surface area contributed by atoms with Crippen LogP contribution >= 0.6 is 23.2 Å². The van der Waals surface area contributed by atoms with Crippen LogP contribution < -0.4 is 0 Å². The first-order valence-electron chi connectivity index (χ1n) is 3.67. The Bertz CT molecular complexity index is 416. The highest BCUT2D eigenvalue weighted by Gasteiger charge is 2.09. The van der Waals surface area contributed by atoms with Gasteiger partial charge in [0.1, 0.15) is 0 Å². The molecule has 0 radical (unpaired) electrons. The Kier molecular flexibility index (Phi) is 3.74. The highest BCUT2D eigenvalue weighted by atomic mass is 35.5. The van der Waals surface area contributed by atoms with Crippen LogP contribution in [0.1, 0.15) is 20.7 Å². The minimum atomic E-state index is -0.767. The van der Waals surface area contributed by atoms with E-state index in [1.807, 2.05) is 0 Å². The Balaban J connectivity index is 3.38. The summed E-state index contributed by atoms with van der Waals surface area (Å²) in [6, 6.07) is 3.72. The zero-order valence-corrected chi connectivity index (χ0v) is 8.67. The highest BCUT2D eigenvalue weighted by molar-refractivity contribution is 6.69. The summed E-state index contributed by atoms with van der Waals surface area (Å²) in [6.45, 7) is 0. The first-order valence-corrected chi connectivity index (χ1v) is 4.43. The van der Waals surface area contributed by atoms with Gasteiger partial charge in [0, 0.05) is 11.1 Å². The summed E-state index contributed by atoms with van der Waals surface area (Å²) in [6.07, 6.45) is 1.28. The normalized spacial score (nSPS) is 9.20. The van der Waals surface area contributed by atoms with Crippen LogP contribution in [0.4, 0.5) is 5.69 Å². The molecule has 0 heterocycles. The van der Waals surface area contributed by atoms with E-state index in [1.54, 1.807) is 0 Å². The number of rotatable bonds is 3. The second-order valence-electron chi connectivity index (χ2n) is 2.52. The summed E-state index contributed by atoms with van der Waals surface area (Å²) < 4.78 is 0. The van der Waals surface area contributed by atoms with Gasteiger partial charge in [-0.05, 0) is 41.4 Å². The summed E-state index contributed by atoms with van der Waals surface area (Å²) in [5, 5.41) is -1.53. The van der Waals surface area contributed by atoms with E-state index >= 15 is 0 Å². The van der Waals surface area contributed by atoms with Gasteiger partial charge in [0.05, 0.1) is 5.69 Å². The quantitative estimate of drug-likeness (QED) is 0.466. The molecule has 4 nitrogen and oxygen atoms in total. The van der Waals surface area contributed by atoms with E-state index in [0.717, 1.165) is 0 Å². The molecular formula is C9H3Cl2NO3. The third kappa shape index (κ3) is 2.99. The van der Waals surface area contributed by atoms with Crippen LogP contribution in [0, 0.1) is 0 Å². The fourth-order valence-corrected chi connectivity index (χ4v) is 1.17. The maximum absolute atomic E-state index is 10.8. The molecule has 0 spiro atoms. The molecule has 0 atom stereocenters. The highest BCUT2D eigenvalue weighted by Crippen LogP contribution is 2.20. The molecule has 0 aliphatic carbocycles. The van der Waals surface area contributed by atoms with Crippen LogP contribution in [-0.2, 0) is 4.79 Å². The molecule has 76 valence electrons. The Hall–Kier alpha value is -1.48. The molecule has 0 bridgehead atoms. The van der Waals surface area contributed by atoms with Crippen molar-refractivity contribution in [3.8, 4) is 0 Å². The molecule has 0 amide bonds. The maximum atomic E-state index is 10.8. The molecule has 0 saturated carbocycles. The summed E-state index contributed by atoms with van der Waals surface area (Å²) >= 11 is 10.4. The predicted molar refractivity (Wildman–Crippen MR) is 54.6 cm³/mol. The Morgan fingerprint density at radius 1 is 1.07 bits per heavy atom. The second kappa shape index (κ2) is 4.84. The maximum Gasteiger partial charge on any atom is 0.252 e. The molecule has 0 aromatic heterocycles. The number of halogens is 2. The zero-order valence-electron chi connectivity index (χ0n) is 7.16. The zero-order chi connectivity index (χ0) is 11.4. The van der Waals surface area contributed by atoms with Gasteiger partial charge in [0.2, 0.25) is 6.08 Å². The Morgan fingerprint density at radius 2 is 1.53 bits per heavy atom. The van der Waals surface area contributed by atoms with Gasteiger partial charge in [-0.25, -0.2) is 4.79 Å². The van der Waals surface area contributed by atoms with Gasteiger partial charge in [-0.2, -0.15) is 4.99 Å². The third-order valence-electron chi connectivity index (χ3n) is 1.55. The summed E-state index contributed by atoms with van der Waals surface area (Å²) in [5.74, 6) is 0. The smallest absolute Gasteiger partial charge is 0.252 e. The minimum Gasteiger partial charge on any atom is -0.276 e. The van der Waals surface area contributed by atoms with Crippen LogP contribution in [0.15, 0.2) is 23.2 Å². The molecule has 0 aliphatic rings. The topological polar surface area (TPSA) is 63.6 Å². The molecule has 1 rings (SSSR count). The van der Waals surface area contributed by atoms with Gasteiger partial charge >= 0.3 is 0 Å². The van der Waals surface area contributed by atoms with E-state index in [9.17, 15) is 14.4 Å². The fourth-order valence-electron chi connectivity index (χ4n) is 0.955. The van der Waals surface area contributed by atoms with Crippen LogP contribution in [-0.4, -0.2) is 16.6 Å². The second-order valence-corrected chi connectivity index (χ2v) is 3.21. The van der Waals surface area contributed by atoms with Crippen molar-refractivity contribution < 1.29 is 14.4 Å². The van der Waals surface area contributed by atoms with Gasteiger partial charge in [0.15, 0.2) is 0 Å². The molecule has 0 unspecified atom stereocenters. The number of hydrogen-bond donors (Lipinski definition) is 0. The van der Waals surface area contributed by atoms with Gasteiger partial charge in [-0.15, -0.1) is 0 Å².